The van der Waals surface area contributed by atoms with Crippen molar-refractivity contribution in [2.75, 3.05) is 7.11 Å². The molecule has 1 amide bonds. The number of aromatic nitrogens is 3. The molecule has 0 bridgehead atoms. The molecule has 1 N–H and O–H groups in total. The van der Waals surface area contributed by atoms with Crippen molar-refractivity contribution >= 4 is 17.8 Å². The molecule has 0 fully saturated rings. The molecule has 0 atom stereocenters. The summed E-state index contributed by atoms with van der Waals surface area (Å²) in [7, 11) is 1.22. The van der Waals surface area contributed by atoms with Gasteiger partial charge in [0.1, 0.15) is 24.9 Å². The van der Waals surface area contributed by atoms with Crippen LogP contribution in [0.25, 0.3) is 0 Å². The number of hydrogen-bond acceptors (Lipinski definition) is 8. The number of nitrogens with one attached hydrogen (secondary N) is 1. The van der Waals surface area contributed by atoms with Crippen molar-refractivity contribution in [2.45, 2.75) is 6.54 Å². The van der Waals surface area contributed by atoms with Crippen molar-refractivity contribution in [1.82, 2.24) is 20.2 Å². The number of benzene rings is 1. The van der Waals surface area contributed by atoms with E-state index < -0.39 is 16.6 Å². The minimum Gasteiger partial charge on any atom is -0.870 e. The number of hydrazone groups is 1. The number of non-ortho nitro benzene ring substituents is 1. The van der Waals surface area contributed by atoms with Crippen LogP contribution in [0.15, 0.2) is 29.9 Å². The van der Waals surface area contributed by atoms with Crippen molar-refractivity contribution in [3.63, 3.8) is 0 Å². The Morgan fingerprint density at radius 3 is 2.96 bits per heavy atom. The number of methoxy groups -OCH3 is 1. The highest BCUT2D eigenvalue weighted by Crippen LogP contribution is 2.31. The van der Waals surface area contributed by atoms with Crippen LogP contribution in [-0.4, -0.2) is 38.9 Å². The standard InChI is InChI=1S/C12H12N6O5/c1-23-10-3-9(18(21)22)2-8(12(10)20)4-14-16-11(19)5-17-7-13-6-15-17/h2-4,6-7,20H,5H2,1H3,(H,16,19)/p-1/b14-4-. The van der Waals surface area contributed by atoms with Crippen LogP contribution in [0.5, 0.6) is 11.5 Å². The molecule has 120 valence electrons. The highest BCUT2D eigenvalue weighted by atomic mass is 16.6. The van der Waals surface area contributed by atoms with Crippen molar-refractivity contribution in [1.29, 1.82) is 0 Å². The fourth-order valence-electron chi connectivity index (χ4n) is 1.63. The number of carbonyl (C=O) groups excluding carboxylic acids is 1. The van der Waals surface area contributed by atoms with Crippen LogP contribution in [0.4, 0.5) is 5.69 Å². The van der Waals surface area contributed by atoms with Crippen LogP contribution in [-0.2, 0) is 11.3 Å². The normalized spacial score (nSPS) is 10.7. The highest BCUT2D eigenvalue weighted by molar-refractivity contribution is 5.87. The fraction of sp³-hybridized carbons (Fsp3) is 0.167. The van der Waals surface area contributed by atoms with Gasteiger partial charge in [-0.1, -0.05) is 5.75 Å². The van der Waals surface area contributed by atoms with Gasteiger partial charge in [0.25, 0.3) is 11.6 Å². The Morgan fingerprint density at radius 1 is 1.57 bits per heavy atom. The minimum atomic E-state index is -0.664. The molecule has 2 rings (SSSR count). The Hall–Kier alpha value is -3.50. The van der Waals surface area contributed by atoms with Crippen molar-refractivity contribution in [2.24, 2.45) is 5.10 Å². The van der Waals surface area contributed by atoms with E-state index in [0.29, 0.717) is 0 Å². The van der Waals surface area contributed by atoms with Gasteiger partial charge in [-0.15, -0.1) is 0 Å². The van der Waals surface area contributed by atoms with E-state index in [2.05, 4.69) is 20.6 Å². The molecule has 0 aliphatic heterocycles. The number of rotatable bonds is 6. The molecule has 0 saturated heterocycles. The van der Waals surface area contributed by atoms with Gasteiger partial charge in [0.15, 0.2) is 0 Å². The molecule has 11 nitrogen and oxygen atoms in total. The van der Waals surface area contributed by atoms with E-state index in [1.807, 2.05) is 0 Å². The summed E-state index contributed by atoms with van der Waals surface area (Å²) < 4.78 is 6.07. The van der Waals surface area contributed by atoms with Crippen LogP contribution < -0.4 is 15.3 Å². The van der Waals surface area contributed by atoms with Gasteiger partial charge in [-0.05, 0) is 5.56 Å². The molecule has 0 aliphatic rings. The highest BCUT2D eigenvalue weighted by Gasteiger charge is 2.11. The molecular formula is C12H11N6O5-. The van der Waals surface area contributed by atoms with E-state index in [1.165, 1.54) is 24.4 Å². The summed E-state index contributed by atoms with van der Waals surface area (Å²) in [4.78, 5) is 25.4. The lowest BCUT2D eigenvalue weighted by atomic mass is 10.2. The van der Waals surface area contributed by atoms with Gasteiger partial charge in [-0.25, -0.2) is 15.1 Å². The molecule has 0 saturated carbocycles. The first-order valence-electron chi connectivity index (χ1n) is 6.19. The maximum atomic E-state index is 11.9. The second-order valence-corrected chi connectivity index (χ2v) is 4.21. The summed E-state index contributed by atoms with van der Waals surface area (Å²) in [6, 6.07) is 2.06. The average molecular weight is 319 g/mol. The Kier molecular flexibility index (Phi) is 4.82. The third-order valence-electron chi connectivity index (χ3n) is 2.66. The topological polar surface area (TPSA) is 148 Å². The smallest absolute Gasteiger partial charge is 0.273 e. The molecule has 1 heterocycles. The second kappa shape index (κ2) is 6.98. The van der Waals surface area contributed by atoms with Crippen LogP contribution in [0.2, 0.25) is 0 Å². The first-order chi connectivity index (χ1) is 11.0. The lowest BCUT2D eigenvalue weighted by Crippen LogP contribution is -2.23. The maximum Gasteiger partial charge on any atom is 0.273 e. The SMILES string of the molecule is COc1cc([N+](=O)[O-])cc(/C=N\NC(=O)Cn2cncn2)c1[O-]. The zero-order valence-corrected chi connectivity index (χ0v) is 11.9. The quantitative estimate of drug-likeness (QED) is 0.425. The van der Waals surface area contributed by atoms with Crippen molar-refractivity contribution < 1.29 is 19.6 Å². The number of carbonyl (C=O) groups is 1. The van der Waals surface area contributed by atoms with Gasteiger partial charge in [0.2, 0.25) is 0 Å². The molecule has 0 unspecified atom stereocenters. The monoisotopic (exact) mass is 319 g/mol. The third kappa shape index (κ3) is 4.00. The number of ether oxygens (including phenoxy) is 1. The van der Waals surface area contributed by atoms with Crippen LogP contribution in [0.3, 0.4) is 0 Å². The Balaban J connectivity index is 2.10. The van der Waals surface area contributed by atoms with Gasteiger partial charge in [-0.3, -0.25) is 14.9 Å². The zero-order valence-electron chi connectivity index (χ0n) is 11.9. The van der Waals surface area contributed by atoms with Gasteiger partial charge in [-0.2, -0.15) is 10.2 Å². The number of nitro groups is 1. The van der Waals surface area contributed by atoms with Crippen LogP contribution >= 0.6 is 0 Å². The molecule has 2 aromatic rings. The summed E-state index contributed by atoms with van der Waals surface area (Å²) in [6.45, 7) is -0.111. The molecular weight excluding hydrogens is 308 g/mol. The Bertz CT molecular complexity index is 743. The summed E-state index contributed by atoms with van der Waals surface area (Å²) in [5, 5.41) is 30.1. The number of hydrogen-bond donors (Lipinski definition) is 1. The molecule has 0 spiro atoms. The number of nitro benzene ring substituents is 1. The van der Waals surface area contributed by atoms with Crippen molar-refractivity contribution in [3.8, 4) is 11.5 Å². The van der Waals surface area contributed by atoms with Gasteiger partial charge < -0.3 is 9.84 Å². The van der Waals surface area contributed by atoms with Gasteiger partial charge in [0.05, 0.1) is 24.3 Å². The van der Waals surface area contributed by atoms with Gasteiger partial charge >= 0.3 is 0 Å². The van der Waals surface area contributed by atoms with Crippen molar-refractivity contribution in [3.05, 3.63) is 40.5 Å². The summed E-state index contributed by atoms with van der Waals surface area (Å²) in [5.74, 6) is -1.27. The van der Waals surface area contributed by atoms with E-state index >= 15 is 0 Å². The molecule has 0 aliphatic carbocycles. The number of nitrogens with zero attached hydrogens (tertiary/aromatic N) is 5. The summed E-state index contributed by atoms with van der Waals surface area (Å²) in [6.07, 6.45) is 3.64. The zero-order chi connectivity index (χ0) is 16.8. The van der Waals surface area contributed by atoms with E-state index in [-0.39, 0.29) is 23.5 Å². The first kappa shape index (κ1) is 15.9. The Morgan fingerprint density at radius 2 is 2.35 bits per heavy atom. The lowest BCUT2D eigenvalue weighted by Gasteiger charge is -2.14. The van der Waals surface area contributed by atoms with Crippen LogP contribution in [0, 0.1) is 10.1 Å². The second-order valence-electron chi connectivity index (χ2n) is 4.21. The average Bonchev–Trinajstić information content (AvgIpc) is 3.01. The molecule has 11 heteroatoms. The summed E-state index contributed by atoms with van der Waals surface area (Å²) in [5.41, 5.74) is 1.77. The van der Waals surface area contributed by atoms with Crippen LogP contribution in [0.1, 0.15) is 5.56 Å². The van der Waals surface area contributed by atoms with E-state index in [4.69, 9.17) is 4.74 Å². The Labute approximate surface area is 129 Å². The molecule has 0 radical (unpaired) electrons. The van der Waals surface area contributed by atoms with E-state index in [0.717, 1.165) is 18.3 Å². The third-order valence-corrected chi connectivity index (χ3v) is 2.66. The lowest BCUT2D eigenvalue weighted by molar-refractivity contribution is -0.385. The fourth-order valence-corrected chi connectivity index (χ4v) is 1.63. The van der Waals surface area contributed by atoms with E-state index in [9.17, 15) is 20.0 Å². The molecule has 1 aromatic carbocycles. The first-order valence-corrected chi connectivity index (χ1v) is 6.19. The van der Waals surface area contributed by atoms with E-state index in [1.54, 1.807) is 0 Å². The summed E-state index contributed by atoms with van der Waals surface area (Å²) >= 11 is 0. The van der Waals surface area contributed by atoms with Gasteiger partial charge in [0, 0.05) is 6.07 Å². The largest absolute Gasteiger partial charge is 0.870 e. The molecule has 23 heavy (non-hydrogen) atoms. The predicted molar refractivity (Wildman–Crippen MR) is 74.9 cm³/mol. The maximum absolute atomic E-state index is 11.9. The molecule has 1 aromatic heterocycles. The predicted octanol–water partition coefficient (Wildman–Crippen LogP) is -0.581. The minimum absolute atomic E-state index is 0.0860. The number of amides is 1.